The third-order valence-electron chi connectivity index (χ3n) is 4.33. The highest BCUT2D eigenvalue weighted by Gasteiger charge is 2.51. The fourth-order valence-corrected chi connectivity index (χ4v) is 3.29. The van der Waals surface area contributed by atoms with Crippen molar-refractivity contribution in [1.29, 1.82) is 0 Å². The van der Waals surface area contributed by atoms with Gasteiger partial charge in [-0.2, -0.15) is 0 Å². The van der Waals surface area contributed by atoms with Gasteiger partial charge in [0.1, 0.15) is 11.6 Å². The summed E-state index contributed by atoms with van der Waals surface area (Å²) in [6, 6.07) is -0.288. The summed E-state index contributed by atoms with van der Waals surface area (Å²) in [4.78, 5) is 26.8. The van der Waals surface area contributed by atoms with Crippen molar-refractivity contribution in [3.05, 3.63) is 12.2 Å². The number of hydrogen-bond donors (Lipinski definition) is 1. The molecule has 2 aliphatic rings. The summed E-state index contributed by atoms with van der Waals surface area (Å²) >= 11 is 0. The first kappa shape index (κ1) is 14.1. The SMILES string of the molecule is C/C=C/CCN1C(=O)C2(CCCC2)NC(=O)C1CC. The highest BCUT2D eigenvalue weighted by atomic mass is 16.2. The topological polar surface area (TPSA) is 49.4 Å². The average Bonchev–Trinajstić information content (AvgIpc) is 2.85. The molecule has 1 heterocycles. The van der Waals surface area contributed by atoms with Gasteiger partial charge in [0, 0.05) is 6.54 Å². The van der Waals surface area contributed by atoms with Crippen LogP contribution < -0.4 is 5.32 Å². The van der Waals surface area contributed by atoms with Crippen LogP contribution in [0.1, 0.15) is 52.4 Å². The summed E-state index contributed by atoms with van der Waals surface area (Å²) in [5.41, 5.74) is -0.585. The number of nitrogens with zero attached hydrogens (tertiary/aromatic N) is 1. The van der Waals surface area contributed by atoms with Gasteiger partial charge in [-0.3, -0.25) is 9.59 Å². The van der Waals surface area contributed by atoms with Crippen molar-refractivity contribution in [2.45, 2.75) is 64.0 Å². The maximum absolute atomic E-state index is 12.7. The molecule has 4 heteroatoms. The number of piperazine rings is 1. The van der Waals surface area contributed by atoms with Gasteiger partial charge in [-0.25, -0.2) is 0 Å². The molecule has 1 unspecified atom stereocenters. The van der Waals surface area contributed by atoms with E-state index < -0.39 is 5.54 Å². The van der Waals surface area contributed by atoms with Crippen LogP contribution in [0.15, 0.2) is 12.2 Å². The Morgan fingerprint density at radius 1 is 1.37 bits per heavy atom. The number of hydrogen-bond acceptors (Lipinski definition) is 2. The molecule has 1 atom stereocenters. The number of rotatable bonds is 4. The van der Waals surface area contributed by atoms with Gasteiger partial charge >= 0.3 is 0 Å². The van der Waals surface area contributed by atoms with E-state index in [4.69, 9.17) is 0 Å². The molecule has 1 N–H and O–H groups in total. The number of carbonyl (C=O) groups excluding carboxylic acids is 2. The van der Waals surface area contributed by atoms with Crippen LogP contribution in [0.25, 0.3) is 0 Å². The Morgan fingerprint density at radius 3 is 2.63 bits per heavy atom. The summed E-state index contributed by atoms with van der Waals surface area (Å²) in [7, 11) is 0. The number of amides is 2. The zero-order valence-electron chi connectivity index (χ0n) is 11.9. The minimum absolute atomic E-state index is 0.0319. The first-order valence-corrected chi connectivity index (χ1v) is 7.39. The van der Waals surface area contributed by atoms with Gasteiger partial charge in [0.15, 0.2) is 0 Å². The first-order chi connectivity index (χ1) is 9.14. The minimum atomic E-state index is -0.585. The third-order valence-corrected chi connectivity index (χ3v) is 4.33. The fourth-order valence-electron chi connectivity index (χ4n) is 3.29. The molecule has 0 aromatic heterocycles. The smallest absolute Gasteiger partial charge is 0.249 e. The van der Waals surface area contributed by atoms with Crippen molar-refractivity contribution in [1.82, 2.24) is 10.2 Å². The monoisotopic (exact) mass is 264 g/mol. The minimum Gasteiger partial charge on any atom is -0.340 e. The lowest BCUT2D eigenvalue weighted by atomic mass is 9.90. The summed E-state index contributed by atoms with van der Waals surface area (Å²) in [5, 5.41) is 3.01. The number of allylic oxidation sites excluding steroid dienone is 1. The average molecular weight is 264 g/mol. The zero-order chi connectivity index (χ0) is 13.9. The van der Waals surface area contributed by atoms with Crippen LogP contribution in [-0.2, 0) is 9.59 Å². The van der Waals surface area contributed by atoms with E-state index in [0.29, 0.717) is 13.0 Å². The second-order valence-electron chi connectivity index (χ2n) is 5.56. The Kier molecular flexibility index (Phi) is 4.27. The predicted octanol–water partition coefficient (Wildman–Crippen LogP) is 2.00. The first-order valence-electron chi connectivity index (χ1n) is 7.39. The Labute approximate surface area is 115 Å². The molecule has 2 fully saturated rings. The Bertz CT molecular complexity index is 384. The zero-order valence-corrected chi connectivity index (χ0v) is 11.9. The van der Waals surface area contributed by atoms with Gasteiger partial charge in [-0.1, -0.05) is 31.9 Å². The summed E-state index contributed by atoms with van der Waals surface area (Å²) < 4.78 is 0. The molecule has 0 bridgehead atoms. The fraction of sp³-hybridized carbons (Fsp3) is 0.733. The van der Waals surface area contributed by atoms with Crippen LogP contribution in [0, 0.1) is 0 Å². The Morgan fingerprint density at radius 2 is 2.05 bits per heavy atom. The molecular formula is C15H24N2O2. The maximum atomic E-state index is 12.7. The maximum Gasteiger partial charge on any atom is 0.249 e. The van der Waals surface area contributed by atoms with Gasteiger partial charge < -0.3 is 10.2 Å². The largest absolute Gasteiger partial charge is 0.340 e. The van der Waals surface area contributed by atoms with Crippen LogP contribution >= 0.6 is 0 Å². The second kappa shape index (κ2) is 5.76. The van der Waals surface area contributed by atoms with E-state index >= 15 is 0 Å². The summed E-state index contributed by atoms with van der Waals surface area (Å²) in [6.07, 6.45) is 9.21. The molecule has 0 aromatic rings. The quantitative estimate of drug-likeness (QED) is 0.790. The molecule has 2 rings (SSSR count). The summed E-state index contributed by atoms with van der Waals surface area (Å²) in [5.74, 6) is 0.172. The predicted molar refractivity (Wildman–Crippen MR) is 74.6 cm³/mol. The number of nitrogens with one attached hydrogen (secondary N) is 1. The van der Waals surface area contributed by atoms with Crippen molar-refractivity contribution < 1.29 is 9.59 Å². The van der Waals surface area contributed by atoms with Crippen LogP contribution in [0.3, 0.4) is 0 Å². The molecular weight excluding hydrogens is 240 g/mol. The molecule has 106 valence electrons. The van der Waals surface area contributed by atoms with E-state index in [9.17, 15) is 9.59 Å². The van der Waals surface area contributed by atoms with E-state index in [2.05, 4.69) is 5.32 Å². The normalized spacial score (nSPS) is 26.4. The van der Waals surface area contributed by atoms with E-state index in [-0.39, 0.29) is 17.9 Å². The van der Waals surface area contributed by atoms with E-state index in [1.807, 2.05) is 30.9 Å². The third kappa shape index (κ3) is 2.53. The van der Waals surface area contributed by atoms with E-state index in [1.165, 1.54) is 0 Å². The number of carbonyl (C=O) groups is 2. The Hall–Kier alpha value is -1.32. The molecule has 1 saturated carbocycles. The van der Waals surface area contributed by atoms with Crippen molar-refractivity contribution in [2.24, 2.45) is 0 Å². The molecule has 0 aromatic carbocycles. The van der Waals surface area contributed by atoms with Gasteiger partial charge in [0.05, 0.1) is 0 Å². The lowest BCUT2D eigenvalue weighted by Gasteiger charge is -2.44. The lowest BCUT2D eigenvalue weighted by Crippen LogP contribution is -2.69. The molecule has 2 amide bonds. The van der Waals surface area contributed by atoms with Crippen molar-refractivity contribution in [3.63, 3.8) is 0 Å². The second-order valence-corrected chi connectivity index (χ2v) is 5.56. The van der Waals surface area contributed by atoms with Gasteiger partial charge in [0.25, 0.3) is 0 Å². The molecule has 1 aliphatic heterocycles. The van der Waals surface area contributed by atoms with Crippen molar-refractivity contribution in [3.8, 4) is 0 Å². The van der Waals surface area contributed by atoms with E-state index in [0.717, 1.165) is 32.1 Å². The van der Waals surface area contributed by atoms with Crippen LogP contribution in [-0.4, -0.2) is 34.8 Å². The van der Waals surface area contributed by atoms with Crippen molar-refractivity contribution in [2.75, 3.05) is 6.54 Å². The van der Waals surface area contributed by atoms with Crippen molar-refractivity contribution >= 4 is 11.8 Å². The molecule has 0 radical (unpaired) electrons. The van der Waals surface area contributed by atoms with E-state index in [1.54, 1.807) is 0 Å². The van der Waals surface area contributed by atoms with Crippen LogP contribution in [0.2, 0.25) is 0 Å². The van der Waals surface area contributed by atoms with Crippen LogP contribution in [0.4, 0.5) is 0 Å². The van der Waals surface area contributed by atoms with Gasteiger partial charge in [-0.05, 0) is 32.6 Å². The van der Waals surface area contributed by atoms with Gasteiger partial charge in [-0.15, -0.1) is 0 Å². The van der Waals surface area contributed by atoms with Gasteiger partial charge in [0.2, 0.25) is 11.8 Å². The molecule has 4 nitrogen and oxygen atoms in total. The Balaban J connectivity index is 2.18. The molecule has 1 spiro atoms. The molecule has 1 saturated heterocycles. The standard InChI is InChI=1S/C15H24N2O2/c1-3-5-8-11-17-12(4-2)13(18)16-15(14(17)19)9-6-7-10-15/h3,5,12H,4,6-11H2,1-2H3,(H,16,18)/b5-3+. The highest BCUT2D eigenvalue weighted by Crippen LogP contribution is 2.35. The van der Waals surface area contributed by atoms with Crippen LogP contribution in [0.5, 0.6) is 0 Å². The molecule has 1 aliphatic carbocycles. The highest BCUT2D eigenvalue weighted by molar-refractivity contribution is 6.00. The molecule has 19 heavy (non-hydrogen) atoms. The lowest BCUT2D eigenvalue weighted by molar-refractivity contribution is -0.154. The summed E-state index contributed by atoms with van der Waals surface area (Å²) in [6.45, 7) is 4.59.